The molecule has 0 aromatic heterocycles. The van der Waals surface area contributed by atoms with Gasteiger partial charge in [0.15, 0.2) is 6.29 Å². The van der Waals surface area contributed by atoms with Crippen LogP contribution in [0.4, 0.5) is 0 Å². The van der Waals surface area contributed by atoms with E-state index >= 15 is 0 Å². The van der Waals surface area contributed by atoms with E-state index in [-0.39, 0.29) is 11.3 Å². The van der Waals surface area contributed by atoms with Crippen molar-refractivity contribution in [3.05, 3.63) is 23.8 Å². The minimum absolute atomic E-state index is 0.0854. The molecule has 0 bridgehead atoms. The molecule has 0 saturated carbocycles. The number of rotatable bonds is 8. The average molecular weight is 240 g/mol. The van der Waals surface area contributed by atoms with Crippen LogP contribution in [-0.2, 0) is 9.47 Å². The molecule has 0 aliphatic heterocycles. The van der Waals surface area contributed by atoms with E-state index in [1.165, 1.54) is 12.1 Å². The van der Waals surface area contributed by atoms with Crippen LogP contribution in [0.3, 0.4) is 0 Å². The van der Waals surface area contributed by atoms with E-state index in [4.69, 9.17) is 14.2 Å². The molecule has 0 radical (unpaired) electrons. The Kier molecular flexibility index (Phi) is 6.06. The predicted molar refractivity (Wildman–Crippen MR) is 61.7 cm³/mol. The van der Waals surface area contributed by atoms with Crippen LogP contribution in [0.25, 0.3) is 0 Å². The van der Waals surface area contributed by atoms with Crippen molar-refractivity contribution in [3.8, 4) is 11.5 Å². The third-order valence-corrected chi connectivity index (χ3v) is 2.06. The Hall–Kier alpha value is -1.59. The first-order valence-electron chi connectivity index (χ1n) is 5.25. The van der Waals surface area contributed by atoms with Gasteiger partial charge < -0.3 is 19.3 Å². The molecule has 1 N–H and O–H groups in total. The van der Waals surface area contributed by atoms with E-state index < -0.39 is 0 Å². The summed E-state index contributed by atoms with van der Waals surface area (Å²) in [5.74, 6) is 0.418. The number of benzene rings is 1. The second-order valence-corrected chi connectivity index (χ2v) is 3.29. The average Bonchev–Trinajstić information content (AvgIpc) is 2.34. The van der Waals surface area contributed by atoms with E-state index in [9.17, 15) is 9.90 Å². The van der Waals surface area contributed by atoms with E-state index in [2.05, 4.69) is 0 Å². The van der Waals surface area contributed by atoms with Gasteiger partial charge in [-0.15, -0.1) is 0 Å². The second-order valence-electron chi connectivity index (χ2n) is 3.29. The van der Waals surface area contributed by atoms with Crippen LogP contribution >= 0.6 is 0 Å². The summed E-state index contributed by atoms with van der Waals surface area (Å²) in [5, 5.41) is 9.40. The molecule has 0 fully saturated rings. The molecule has 0 aliphatic rings. The van der Waals surface area contributed by atoms with Crippen LogP contribution in [0, 0.1) is 0 Å². The highest BCUT2D eigenvalue weighted by molar-refractivity contribution is 5.79. The van der Waals surface area contributed by atoms with Crippen molar-refractivity contribution in [3.63, 3.8) is 0 Å². The normalized spacial score (nSPS) is 10.2. The number of aromatic hydroxyl groups is 1. The Morgan fingerprint density at radius 2 is 2.00 bits per heavy atom. The fourth-order valence-electron chi connectivity index (χ4n) is 1.18. The summed E-state index contributed by atoms with van der Waals surface area (Å²) in [4.78, 5) is 10.5. The summed E-state index contributed by atoms with van der Waals surface area (Å²) >= 11 is 0. The molecule has 1 rings (SSSR count). The first-order valence-corrected chi connectivity index (χ1v) is 5.25. The maximum atomic E-state index is 10.5. The third-order valence-electron chi connectivity index (χ3n) is 2.06. The highest BCUT2D eigenvalue weighted by Crippen LogP contribution is 2.21. The Balaban J connectivity index is 2.27. The standard InChI is InChI=1S/C12H16O5/c1-15-4-5-16-6-7-17-11-3-2-10(9-13)12(14)8-11/h2-3,8-9,14H,4-7H2,1H3. The van der Waals surface area contributed by atoms with Crippen molar-refractivity contribution in [2.24, 2.45) is 0 Å². The van der Waals surface area contributed by atoms with Gasteiger partial charge in [-0.2, -0.15) is 0 Å². The topological polar surface area (TPSA) is 65.0 Å². The van der Waals surface area contributed by atoms with Gasteiger partial charge in [-0.05, 0) is 12.1 Å². The van der Waals surface area contributed by atoms with Crippen molar-refractivity contribution in [1.29, 1.82) is 0 Å². The lowest BCUT2D eigenvalue weighted by molar-refractivity contribution is 0.0544. The first kappa shape index (κ1) is 13.5. The van der Waals surface area contributed by atoms with Crippen molar-refractivity contribution in [1.82, 2.24) is 0 Å². The van der Waals surface area contributed by atoms with Gasteiger partial charge in [0.2, 0.25) is 0 Å². The van der Waals surface area contributed by atoms with Gasteiger partial charge in [0.05, 0.1) is 25.4 Å². The highest BCUT2D eigenvalue weighted by Gasteiger charge is 2.01. The summed E-state index contributed by atoms with van der Waals surface area (Å²) in [6.45, 7) is 1.90. The molecular formula is C12H16O5. The van der Waals surface area contributed by atoms with Crippen LogP contribution < -0.4 is 4.74 Å². The molecule has 0 atom stereocenters. The van der Waals surface area contributed by atoms with Crippen LogP contribution in [0.15, 0.2) is 18.2 Å². The maximum absolute atomic E-state index is 10.5. The van der Waals surface area contributed by atoms with Crippen LogP contribution in [-0.4, -0.2) is 44.9 Å². The zero-order valence-electron chi connectivity index (χ0n) is 9.72. The van der Waals surface area contributed by atoms with Crippen LogP contribution in [0.2, 0.25) is 0 Å². The van der Waals surface area contributed by atoms with Crippen LogP contribution in [0.1, 0.15) is 10.4 Å². The maximum Gasteiger partial charge on any atom is 0.153 e. The van der Waals surface area contributed by atoms with E-state index in [0.29, 0.717) is 38.5 Å². The van der Waals surface area contributed by atoms with Gasteiger partial charge in [-0.1, -0.05) is 0 Å². The molecule has 0 spiro atoms. The summed E-state index contributed by atoms with van der Waals surface area (Å²) < 4.78 is 15.3. The molecule has 0 unspecified atom stereocenters. The first-order chi connectivity index (χ1) is 8.27. The van der Waals surface area contributed by atoms with E-state index in [1.807, 2.05) is 0 Å². The summed E-state index contributed by atoms with van der Waals surface area (Å²) in [5.41, 5.74) is 0.244. The molecule has 94 valence electrons. The lowest BCUT2D eigenvalue weighted by Gasteiger charge is -2.07. The van der Waals surface area contributed by atoms with Crippen molar-refractivity contribution in [2.45, 2.75) is 0 Å². The largest absolute Gasteiger partial charge is 0.507 e. The minimum Gasteiger partial charge on any atom is -0.507 e. The number of carbonyl (C=O) groups excluding carboxylic acids is 1. The zero-order valence-corrected chi connectivity index (χ0v) is 9.72. The number of carbonyl (C=O) groups is 1. The molecule has 1 aromatic carbocycles. The number of phenols is 1. The molecular weight excluding hydrogens is 224 g/mol. The monoisotopic (exact) mass is 240 g/mol. The molecule has 1 aromatic rings. The summed E-state index contributed by atoms with van der Waals surface area (Å²) in [6, 6.07) is 4.53. The summed E-state index contributed by atoms with van der Waals surface area (Å²) in [6.07, 6.45) is 0.590. The van der Waals surface area contributed by atoms with Crippen molar-refractivity contribution < 1.29 is 24.1 Å². The van der Waals surface area contributed by atoms with E-state index in [1.54, 1.807) is 13.2 Å². The molecule has 0 amide bonds. The van der Waals surface area contributed by atoms with E-state index in [0.717, 1.165) is 0 Å². The SMILES string of the molecule is COCCOCCOc1ccc(C=O)c(O)c1. The fourth-order valence-corrected chi connectivity index (χ4v) is 1.18. The summed E-state index contributed by atoms with van der Waals surface area (Å²) in [7, 11) is 1.61. The Morgan fingerprint density at radius 3 is 2.65 bits per heavy atom. The third kappa shape index (κ3) is 4.84. The highest BCUT2D eigenvalue weighted by atomic mass is 16.5. The number of methoxy groups -OCH3 is 1. The fraction of sp³-hybridized carbons (Fsp3) is 0.417. The van der Waals surface area contributed by atoms with Gasteiger partial charge in [0, 0.05) is 13.2 Å². The molecule has 5 heteroatoms. The second kappa shape index (κ2) is 7.65. The lowest BCUT2D eigenvalue weighted by Crippen LogP contribution is -2.09. The lowest BCUT2D eigenvalue weighted by atomic mass is 10.2. The van der Waals surface area contributed by atoms with Gasteiger partial charge in [-0.3, -0.25) is 4.79 Å². The Bertz CT molecular complexity index is 351. The molecule has 5 nitrogen and oxygen atoms in total. The molecule has 17 heavy (non-hydrogen) atoms. The molecule has 0 heterocycles. The van der Waals surface area contributed by atoms with Gasteiger partial charge >= 0.3 is 0 Å². The number of phenolic OH excluding ortho intramolecular Hbond substituents is 1. The molecule has 0 saturated heterocycles. The molecule has 0 aliphatic carbocycles. The Morgan fingerprint density at radius 1 is 1.24 bits per heavy atom. The quantitative estimate of drug-likeness (QED) is 0.547. The smallest absolute Gasteiger partial charge is 0.153 e. The zero-order chi connectivity index (χ0) is 12.5. The Labute approximate surface area is 99.9 Å². The van der Waals surface area contributed by atoms with Gasteiger partial charge in [0.25, 0.3) is 0 Å². The number of ether oxygens (including phenoxy) is 3. The predicted octanol–water partition coefficient (Wildman–Crippen LogP) is 1.25. The number of aldehydes is 1. The van der Waals surface area contributed by atoms with Gasteiger partial charge in [-0.25, -0.2) is 0 Å². The number of hydrogen-bond donors (Lipinski definition) is 1. The number of hydrogen-bond acceptors (Lipinski definition) is 5. The minimum atomic E-state index is -0.0854. The van der Waals surface area contributed by atoms with Crippen LogP contribution in [0.5, 0.6) is 11.5 Å². The van der Waals surface area contributed by atoms with Crippen molar-refractivity contribution in [2.75, 3.05) is 33.5 Å². The van der Waals surface area contributed by atoms with Gasteiger partial charge in [0.1, 0.15) is 18.1 Å². The van der Waals surface area contributed by atoms with Crippen molar-refractivity contribution >= 4 is 6.29 Å².